The predicted octanol–water partition coefficient (Wildman–Crippen LogP) is 4.18. The normalized spacial score (nSPS) is 16.8. The van der Waals surface area contributed by atoms with Gasteiger partial charge in [0.2, 0.25) is 0 Å². The molecule has 2 aromatic carbocycles. The Kier molecular flexibility index (Phi) is 4.71. The van der Waals surface area contributed by atoms with Gasteiger partial charge in [0.1, 0.15) is 5.82 Å². The van der Waals surface area contributed by atoms with Crippen LogP contribution in [0.1, 0.15) is 50.1 Å². The van der Waals surface area contributed by atoms with E-state index in [1.807, 2.05) is 0 Å². The van der Waals surface area contributed by atoms with Gasteiger partial charge in [-0.3, -0.25) is 9.59 Å². The van der Waals surface area contributed by atoms with Crippen molar-refractivity contribution >= 4 is 16.9 Å². The van der Waals surface area contributed by atoms with E-state index in [1.54, 1.807) is 49.4 Å². The monoisotopic (exact) mass is 380 g/mol. The summed E-state index contributed by atoms with van der Waals surface area (Å²) in [5.74, 6) is -0.594. The molecule has 28 heavy (non-hydrogen) atoms. The van der Waals surface area contributed by atoms with Crippen LogP contribution in [-0.4, -0.2) is 15.9 Å². The lowest BCUT2D eigenvalue weighted by molar-refractivity contribution is -0.156. The number of aromatic nitrogens is 2. The van der Waals surface area contributed by atoms with E-state index < -0.39 is 23.3 Å². The maximum Gasteiger partial charge on any atom is 0.317 e. The molecular formula is C22H21FN2O3. The number of H-pyrrole nitrogens is 1. The average Bonchev–Trinajstić information content (AvgIpc) is 3.19. The largest absolute Gasteiger partial charge is 0.454 e. The number of para-hydroxylation sites is 1. The fourth-order valence-electron chi connectivity index (χ4n) is 4.04. The number of halogens is 1. The van der Waals surface area contributed by atoms with Crippen LogP contribution in [-0.2, 0) is 14.9 Å². The minimum absolute atomic E-state index is 0.277. The second-order valence-electron chi connectivity index (χ2n) is 7.28. The van der Waals surface area contributed by atoms with E-state index in [4.69, 9.17) is 4.74 Å². The maximum absolute atomic E-state index is 14.5. The third-order valence-electron chi connectivity index (χ3n) is 5.54. The van der Waals surface area contributed by atoms with E-state index in [0.29, 0.717) is 29.3 Å². The number of fused-ring (bicyclic) bond motifs is 1. The van der Waals surface area contributed by atoms with Gasteiger partial charge >= 0.3 is 5.97 Å². The van der Waals surface area contributed by atoms with Crippen LogP contribution in [0.5, 0.6) is 0 Å². The molecule has 1 fully saturated rings. The lowest BCUT2D eigenvalue weighted by Crippen LogP contribution is -2.36. The molecule has 0 spiro atoms. The molecule has 1 aromatic heterocycles. The molecule has 1 atom stereocenters. The Hall–Kier alpha value is -3.02. The quantitative estimate of drug-likeness (QED) is 0.689. The zero-order valence-electron chi connectivity index (χ0n) is 15.6. The minimum atomic E-state index is -0.989. The summed E-state index contributed by atoms with van der Waals surface area (Å²) < 4.78 is 20.2. The molecule has 144 valence electrons. The van der Waals surface area contributed by atoms with E-state index in [1.165, 1.54) is 6.07 Å². The highest BCUT2D eigenvalue weighted by molar-refractivity contribution is 5.84. The standard InChI is InChI=1S/C22H21FN2O3/c1-14(19-24-18-11-5-2-8-15(18)20(26)25-19)28-21(27)22(12-6-7-13-22)16-9-3-4-10-17(16)23/h2-5,8-11,14H,6-7,12-13H2,1H3,(H,24,25,26)/t14-/m0/s1. The molecular weight excluding hydrogens is 359 g/mol. The minimum Gasteiger partial charge on any atom is -0.454 e. The van der Waals surface area contributed by atoms with E-state index in [9.17, 15) is 14.0 Å². The van der Waals surface area contributed by atoms with Crippen molar-refractivity contribution in [2.75, 3.05) is 0 Å². The molecule has 0 amide bonds. The second-order valence-corrected chi connectivity index (χ2v) is 7.28. The molecule has 0 saturated heterocycles. The highest BCUT2D eigenvalue weighted by atomic mass is 19.1. The number of ether oxygens (including phenoxy) is 1. The van der Waals surface area contributed by atoms with Crippen LogP contribution in [0.4, 0.5) is 4.39 Å². The molecule has 5 nitrogen and oxygen atoms in total. The molecule has 1 heterocycles. The van der Waals surface area contributed by atoms with Crippen LogP contribution in [0.25, 0.3) is 10.9 Å². The van der Waals surface area contributed by atoms with Crippen molar-refractivity contribution < 1.29 is 13.9 Å². The fraction of sp³-hybridized carbons (Fsp3) is 0.318. The van der Waals surface area contributed by atoms with Crippen molar-refractivity contribution in [1.29, 1.82) is 0 Å². The lowest BCUT2D eigenvalue weighted by Gasteiger charge is -2.29. The van der Waals surface area contributed by atoms with E-state index in [-0.39, 0.29) is 11.4 Å². The summed E-state index contributed by atoms with van der Waals surface area (Å²) in [5, 5.41) is 0.475. The Labute approximate surface area is 161 Å². The van der Waals surface area contributed by atoms with Gasteiger partial charge in [0.05, 0.1) is 16.3 Å². The zero-order valence-corrected chi connectivity index (χ0v) is 15.6. The molecule has 0 radical (unpaired) electrons. The number of aromatic amines is 1. The number of hydrogen-bond acceptors (Lipinski definition) is 4. The molecule has 0 unspecified atom stereocenters. The SMILES string of the molecule is C[C@H](OC(=O)C1(c2ccccc2F)CCCC1)c1nc2ccccc2c(=O)[nH]1. The predicted molar refractivity (Wildman–Crippen MR) is 103 cm³/mol. The first-order valence-electron chi connectivity index (χ1n) is 9.46. The van der Waals surface area contributed by atoms with Gasteiger partial charge < -0.3 is 9.72 Å². The van der Waals surface area contributed by atoms with E-state index >= 15 is 0 Å². The molecule has 3 aromatic rings. The van der Waals surface area contributed by atoms with Crippen LogP contribution < -0.4 is 5.56 Å². The van der Waals surface area contributed by atoms with Gasteiger partial charge in [-0.2, -0.15) is 0 Å². The summed E-state index contributed by atoms with van der Waals surface area (Å²) in [6.45, 7) is 1.66. The molecule has 1 aliphatic rings. The van der Waals surface area contributed by atoms with Gasteiger partial charge in [0.15, 0.2) is 11.9 Å². The van der Waals surface area contributed by atoms with Gasteiger partial charge in [-0.15, -0.1) is 0 Å². The lowest BCUT2D eigenvalue weighted by atomic mass is 9.78. The molecule has 1 saturated carbocycles. The van der Waals surface area contributed by atoms with Gasteiger partial charge in [0, 0.05) is 5.56 Å². The Morgan fingerprint density at radius 2 is 1.82 bits per heavy atom. The maximum atomic E-state index is 14.5. The van der Waals surface area contributed by atoms with Crippen LogP contribution in [0.3, 0.4) is 0 Å². The van der Waals surface area contributed by atoms with Crippen molar-refractivity contribution in [2.45, 2.75) is 44.1 Å². The summed E-state index contributed by atoms with van der Waals surface area (Å²) in [6, 6.07) is 13.4. The van der Waals surface area contributed by atoms with Crippen molar-refractivity contribution in [3.8, 4) is 0 Å². The number of benzene rings is 2. The van der Waals surface area contributed by atoms with Gasteiger partial charge in [0.25, 0.3) is 5.56 Å². The first kappa shape index (κ1) is 18.3. The summed E-state index contributed by atoms with van der Waals surface area (Å²) >= 11 is 0. The van der Waals surface area contributed by atoms with Gasteiger partial charge in [-0.1, -0.05) is 43.2 Å². The Bertz CT molecular complexity index is 1090. The Balaban J connectivity index is 1.65. The van der Waals surface area contributed by atoms with Crippen molar-refractivity contribution in [3.63, 3.8) is 0 Å². The third-order valence-corrected chi connectivity index (χ3v) is 5.54. The summed E-state index contributed by atoms with van der Waals surface area (Å²) in [7, 11) is 0. The Morgan fingerprint density at radius 1 is 1.14 bits per heavy atom. The first-order chi connectivity index (χ1) is 13.5. The summed E-state index contributed by atoms with van der Waals surface area (Å²) in [5.41, 5.74) is -0.358. The zero-order chi connectivity index (χ0) is 19.7. The molecule has 4 rings (SSSR count). The molecule has 0 bridgehead atoms. The molecule has 1 aliphatic carbocycles. The first-order valence-corrected chi connectivity index (χ1v) is 9.46. The van der Waals surface area contributed by atoms with Gasteiger partial charge in [-0.05, 0) is 38.0 Å². The van der Waals surface area contributed by atoms with Crippen molar-refractivity contribution in [1.82, 2.24) is 9.97 Å². The van der Waals surface area contributed by atoms with E-state index in [2.05, 4.69) is 9.97 Å². The average molecular weight is 380 g/mol. The van der Waals surface area contributed by atoms with Crippen LogP contribution in [0.2, 0.25) is 0 Å². The summed E-state index contributed by atoms with van der Waals surface area (Å²) in [6.07, 6.45) is 2.00. The highest BCUT2D eigenvalue weighted by Gasteiger charge is 2.46. The van der Waals surface area contributed by atoms with Crippen LogP contribution in [0, 0.1) is 5.82 Å². The molecule has 0 aliphatic heterocycles. The molecule has 1 N–H and O–H groups in total. The smallest absolute Gasteiger partial charge is 0.317 e. The van der Waals surface area contributed by atoms with Crippen LogP contribution >= 0.6 is 0 Å². The number of rotatable bonds is 4. The highest BCUT2D eigenvalue weighted by Crippen LogP contribution is 2.43. The third kappa shape index (κ3) is 3.09. The number of nitrogens with zero attached hydrogens (tertiary/aromatic N) is 1. The number of carbonyl (C=O) groups is 1. The number of carbonyl (C=O) groups excluding carboxylic acids is 1. The van der Waals surface area contributed by atoms with E-state index in [0.717, 1.165) is 12.8 Å². The Morgan fingerprint density at radius 3 is 2.57 bits per heavy atom. The van der Waals surface area contributed by atoms with Gasteiger partial charge in [-0.25, -0.2) is 9.37 Å². The second kappa shape index (κ2) is 7.19. The fourth-order valence-corrected chi connectivity index (χ4v) is 4.04. The van der Waals surface area contributed by atoms with Crippen molar-refractivity contribution in [2.24, 2.45) is 0 Å². The van der Waals surface area contributed by atoms with Crippen molar-refractivity contribution in [3.05, 3.63) is 76.1 Å². The summed E-state index contributed by atoms with van der Waals surface area (Å²) in [4.78, 5) is 32.5. The number of nitrogens with one attached hydrogen (secondary N) is 1. The van der Waals surface area contributed by atoms with Crippen LogP contribution in [0.15, 0.2) is 53.3 Å². The topological polar surface area (TPSA) is 72.0 Å². The number of esters is 1. The molecule has 6 heteroatoms. The number of hydrogen-bond donors (Lipinski definition) is 1.